The van der Waals surface area contributed by atoms with E-state index >= 15 is 0 Å². The monoisotopic (exact) mass is 317 g/mol. The highest BCUT2D eigenvalue weighted by atomic mass is 19.1. The third-order valence-corrected chi connectivity index (χ3v) is 2.81. The van der Waals surface area contributed by atoms with Crippen LogP contribution in [0.15, 0.2) is 12.1 Å². The van der Waals surface area contributed by atoms with E-state index in [4.69, 9.17) is 0 Å². The number of benzene rings is 1. The van der Waals surface area contributed by atoms with Crippen LogP contribution in [-0.4, -0.2) is 30.8 Å². The summed E-state index contributed by atoms with van der Waals surface area (Å²) in [6.07, 6.45) is -0.118. The van der Waals surface area contributed by atoms with Crippen molar-refractivity contribution in [2.24, 2.45) is 0 Å². The van der Waals surface area contributed by atoms with Gasteiger partial charge in [-0.25, -0.2) is 18.0 Å². The molecule has 0 radical (unpaired) electrons. The van der Waals surface area contributed by atoms with E-state index in [1.54, 1.807) is 0 Å². The Hall–Kier alpha value is -2.38. The molecule has 0 unspecified atom stereocenters. The molecule has 0 bridgehead atoms. The SMILES string of the molecule is COC(=O)[C@@H](CCC(C)=O)NC(=O)c1c(F)cc(F)cc1F. The average Bonchev–Trinajstić information content (AvgIpc) is 2.41. The van der Waals surface area contributed by atoms with E-state index in [0.29, 0.717) is 12.1 Å². The molecular weight excluding hydrogens is 303 g/mol. The van der Waals surface area contributed by atoms with Crippen molar-refractivity contribution in [3.8, 4) is 0 Å². The van der Waals surface area contributed by atoms with Gasteiger partial charge >= 0.3 is 5.97 Å². The van der Waals surface area contributed by atoms with Crippen molar-refractivity contribution in [3.63, 3.8) is 0 Å². The van der Waals surface area contributed by atoms with Crippen molar-refractivity contribution in [2.45, 2.75) is 25.8 Å². The molecule has 22 heavy (non-hydrogen) atoms. The number of ether oxygens (including phenoxy) is 1. The first kappa shape index (κ1) is 17.7. The Morgan fingerprint density at radius 1 is 1.18 bits per heavy atom. The van der Waals surface area contributed by atoms with Gasteiger partial charge in [0.2, 0.25) is 0 Å². The minimum absolute atomic E-state index is 0.0333. The zero-order chi connectivity index (χ0) is 16.9. The second-order valence-corrected chi connectivity index (χ2v) is 4.53. The standard InChI is InChI=1S/C14H14F3NO4/c1-7(19)3-4-11(14(21)22-2)18-13(20)12-9(16)5-8(15)6-10(12)17/h5-6,11H,3-4H2,1-2H3,(H,18,20)/t11-/m1/s1. The maximum absolute atomic E-state index is 13.5. The molecule has 120 valence electrons. The Labute approximate surface area is 124 Å². The van der Waals surface area contributed by atoms with Gasteiger partial charge in [0, 0.05) is 18.6 Å². The van der Waals surface area contributed by atoms with Gasteiger partial charge in [-0.3, -0.25) is 4.79 Å². The van der Waals surface area contributed by atoms with Crippen LogP contribution in [0.1, 0.15) is 30.1 Å². The van der Waals surface area contributed by atoms with Crippen molar-refractivity contribution >= 4 is 17.7 Å². The van der Waals surface area contributed by atoms with Gasteiger partial charge in [-0.15, -0.1) is 0 Å². The topological polar surface area (TPSA) is 72.5 Å². The van der Waals surface area contributed by atoms with E-state index in [-0.39, 0.29) is 18.6 Å². The lowest BCUT2D eigenvalue weighted by molar-refractivity contribution is -0.143. The second-order valence-electron chi connectivity index (χ2n) is 4.53. The number of methoxy groups -OCH3 is 1. The molecule has 1 aromatic rings. The van der Waals surface area contributed by atoms with Crippen LogP contribution < -0.4 is 5.32 Å². The normalized spacial score (nSPS) is 11.7. The molecule has 8 heteroatoms. The molecule has 0 aromatic heterocycles. The molecular formula is C14H14F3NO4. The summed E-state index contributed by atoms with van der Waals surface area (Å²) in [5.74, 6) is -6.31. The minimum atomic E-state index is -1.40. The fourth-order valence-electron chi connectivity index (χ4n) is 1.73. The first-order valence-electron chi connectivity index (χ1n) is 6.29. The first-order valence-corrected chi connectivity index (χ1v) is 6.29. The summed E-state index contributed by atoms with van der Waals surface area (Å²) in [7, 11) is 1.06. The van der Waals surface area contributed by atoms with Crippen LogP contribution in [0, 0.1) is 17.5 Å². The summed E-state index contributed by atoms with van der Waals surface area (Å²) < 4.78 is 44.2. The zero-order valence-electron chi connectivity index (χ0n) is 11.9. The van der Waals surface area contributed by atoms with Crippen molar-refractivity contribution < 1.29 is 32.3 Å². The first-order chi connectivity index (χ1) is 10.3. The number of rotatable bonds is 6. The van der Waals surface area contributed by atoms with E-state index in [9.17, 15) is 27.6 Å². The van der Waals surface area contributed by atoms with Crippen molar-refractivity contribution in [2.75, 3.05) is 7.11 Å². The molecule has 1 N–H and O–H groups in total. The van der Waals surface area contributed by atoms with Crippen molar-refractivity contribution in [1.82, 2.24) is 5.32 Å². The predicted octanol–water partition coefficient (Wildman–Crippen LogP) is 1.74. The predicted molar refractivity (Wildman–Crippen MR) is 69.5 cm³/mol. The molecule has 0 aliphatic rings. The fourth-order valence-corrected chi connectivity index (χ4v) is 1.73. The lowest BCUT2D eigenvalue weighted by atomic mass is 10.1. The number of halogens is 3. The molecule has 0 saturated carbocycles. The molecule has 5 nitrogen and oxygen atoms in total. The van der Waals surface area contributed by atoms with E-state index in [2.05, 4.69) is 10.1 Å². The van der Waals surface area contributed by atoms with Gasteiger partial charge in [0.1, 0.15) is 34.8 Å². The van der Waals surface area contributed by atoms with E-state index in [0.717, 1.165) is 7.11 Å². The molecule has 1 aromatic carbocycles. The van der Waals surface area contributed by atoms with Crippen LogP contribution in [0.25, 0.3) is 0 Å². The maximum atomic E-state index is 13.5. The third kappa shape index (κ3) is 4.57. The molecule has 0 spiro atoms. The van der Waals surface area contributed by atoms with Gasteiger partial charge in [0.25, 0.3) is 5.91 Å². The summed E-state index contributed by atoms with van der Waals surface area (Å²) >= 11 is 0. The molecule has 0 aliphatic heterocycles. The summed E-state index contributed by atoms with van der Waals surface area (Å²) in [5.41, 5.74) is -1.02. The average molecular weight is 317 g/mol. The highest BCUT2D eigenvalue weighted by molar-refractivity contribution is 5.97. The van der Waals surface area contributed by atoms with Gasteiger partial charge in [-0.2, -0.15) is 0 Å². The highest BCUT2D eigenvalue weighted by Gasteiger charge is 2.26. The number of Topliss-reactive ketones (excluding diaryl/α,β-unsaturated/α-hetero) is 1. The van der Waals surface area contributed by atoms with Crippen molar-refractivity contribution in [1.29, 1.82) is 0 Å². The van der Waals surface area contributed by atoms with E-state index in [1.165, 1.54) is 6.92 Å². The lowest BCUT2D eigenvalue weighted by Crippen LogP contribution is -2.42. The lowest BCUT2D eigenvalue weighted by Gasteiger charge is -2.16. The third-order valence-electron chi connectivity index (χ3n) is 2.81. The molecule has 0 heterocycles. The number of carbonyl (C=O) groups excluding carboxylic acids is 3. The summed E-state index contributed by atoms with van der Waals surface area (Å²) in [6, 6.07) is -0.549. The molecule has 1 rings (SSSR count). The van der Waals surface area contributed by atoms with Crippen molar-refractivity contribution in [3.05, 3.63) is 35.1 Å². The fraction of sp³-hybridized carbons (Fsp3) is 0.357. The van der Waals surface area contributed by atoms with E-state index < -0.39 is 40.9 Å². The number of carbonyl (C=O) groups is 3. The molecule has 0 aliphatic carbocycles. The van der Waals surface area contributed by atoms with E-state index in [1.807, 2.05) is 0 Å². The van der Waals surface area contributed by atoms with Gasteiger partial charge in [0.15, 0.2) is 0 Å². The molecule has 1 amide bonds. The number of esters is 1. The Morgan fingerprint density at radius 3 is 2.18 bits per heavy atom. The number of hydrogen-bond acceptors (Lipinski definition) is 4. The van der Waals surface area contributed by atoms with Crippen LogP contribution in [0.5, 0.6) is 0 Å². The van der Waals surface area contributed by atoms with Crippen LogP contribution in [-0.2, 0) is 14.3 Å². The van der Waals surface area contributed by atoms with Crippen LogP contribution in [0.3, 0.4) is 0 Å². The molecule has 0 saturated heterocycles. The Balaban J connectivity index is 2.96. The zero-order valence-corrected chi connectivity index (χ0v) is 11.9. The van der Waals surface area contributed by atoms with Gasteiger partial charge < -0.3 is 14.8 Å². The number of hydrogen-bond donors (Lipinski definition) is 1. The smallest absolute Gasteiger partial charge is 0.328 e. The number of amides is 1. The maximum Gasteiger partial charge on any atom is 0.328 e. The second kappa shape index (κ2) is 7.58. The number of nitrogens with one attached hydrogen (secondary N) is 1. The summed E-state index contributed by atoms with van der Waals surface area (Å²) in [5, 5.41) is 2.07. The van der Waals surface area contributed by atoms with Gasteiger partial charge in [-0.05, 0) is 13.3 Å². The largest absolute Gasteiger partial charge is 0.467 e. The Morgan fingerprint density at radius 2 is 1.73 bits per heavy atom. The highest BCUT2D eigenvalue weighted by Crippen LogP contribution is 2.15. The summed E-state index contributed by atoms with van der Waals surface area (Å²) in [6.45, 7) is 1.29. The number of ketones is 1. The van der Waals surface area contributed by atoms with Crippen LogP contribution in [0.2, 0.25) is 0 Å². The van der Waals surface area contributed by atoms with Gasteiger partial charge in [0.05, 0.1) is 7.11 Å². The van der Waals surface area contributed by atoms with Gasteiger partial charge in [-0.1, -0.05) is 0 Å². The Bertz CT molecular complexity index is 581. The van der Waals surface area contributed by atoms with Crippen LogP contribution >= 0.6 is 0 Å². The summed E-state index contributed by atoms with van der Waals surface area (Å²) in [4.78, 5) is 34.3. The molecule has 0 fully saturated rings. The molecule has 1 atom stereocenters. The quantitative estimate of drug-likeness (QED) is 0.811. The Kier molecular flexibility index (Phi) is 6.09. The van der Waals surface area contributed by atoms with Crippen LogP contribution in [0.4, 0.5) is 13.2 Å². The minimum Gasteiger partial charge on any atom is -0.467 e.